The number of carbonyl (C=O) groups is 1. The average molecular weight is 529 g/mol. The number of benzene rings is 1. The summed E-state index contributed by atoms with van der Waals surface area (Å²) in [5, 5.41) is 3.46. The number of carbonyl (C=O) groups excluding carboxylic acids is 1. The third-order valence-corrected chi connectivity index (χ3v) is 5.48. The Morgan fingerprint density at radius 1 is 1.27 bits per heavy atom. The normalized spacial score (nSPS) is 21.9. The zero-order valence-corrected chi connectivity index (χ0v) is 20.9. The lowest BCUT2D eigenvalue weighted by Gasteiger charge is -2.36. The summed E-state index contributed by atoms with van der Waals surface area (Å²) in [4.78, 5) is 23.0. The molecule has 1 aromatic carbocycles. The first kappa shape index (κ1) is 24.9. The Kier molecular flexibility index (Phi) is 9.83. The third kappa shape index (κ3) is 6.81. The standard InChI is InChI=1S/C22H35N5O2.HI/c1-17(2)12-23-22(24-13-21(28)25(3)4)27-15-19-20(16-27)29-11-10-26(19)14-18-8-6-5-7-9-18;/h5-9,17,19-20H,10-16H2,1-4H3,(H,23,24);1H. The summed E-state index contributed by atoms with van der Waals surface area (Å²) in [7, 11) is 3.53. The van der Waals surface area contributed by atoms with Crippen LogP contribution in [-0.2, 0) is 16.1 Å². The highest BCUT2D eigenvalue weighted by Gasteiger charge is 2.41. The molecule has 2 heterocycles. The number of guanidine groups is 1. The Morgan fingerprint density at radius 3 is 2.67 bits per heavy atom. The van der Waals surface area contributed by atoms with Crippen molar-refractivity contribution in [1.82, 2.24) is 20.0 Å². The maximum atomic E-state index is 12.0. The molecule has 2 fully saturated rings. The first-order chi connectivity index (χ1) is 13.9. The van der Waals surface area contributed by atoms with Crippen LogP contribution in [0, 0.1) is 5.92 Å². The SMILES string of the molecule is CC(C)CNC(=NCC(=O)N(C)C)N1CC2OCCN(Cc3ccccc3)C2C1.I. The summed E-state index contributed by atoms with van der Waals surface area (Å²) in [6.07, 6.45) is 0.170. The summed E-state index contributed by atoms with van der Waals surface area (Å²) >= 11 is 0. The van der Waals surface area contributed by atoms with Crippen molar-refractivity contribution in [3.8, 4) is 0 Å². The number of aliphatic imine (C=N–C) groups is 1. The van der Waals surface area contributed by atoms with Crippen LogP contribution < -0.4 is 5.32 Å². The second-order valence-electron chi connectivity index (χ2n) is 8.54. The molecule has 0 spiro atoms. The first-order valence-corrected chi connectivity index (χ1v) is 10.6. The molecule has 0 aliphatic carbocycles. The first-order valence-electron chi connectivity index (χ1n) is 10.6. The topological polar surface area (TPSA) is 60.4 Å². The largest absolute Gasteiger partial charge is 0.373 e. The Morgan fingerprint density at radius 2 is 2.00 bits per heavy atom. The molecule has 2 aliphatic heterocycles. The van der Waals surface area contributed by atoms with Crippen molar-refractivity contribution in [3.63, 3.8) is 0 Å². The van der Waals surface area contributed by atoms with Crippen LogP contribution in [0.3, 0.4) is 0 Å². The molecule has 2 unspecified atom stereocenters. The molecule has 1 N–H and O–H groups in total. The van der Waals surface area contributed by atoms with Gasteiger partial charge in [-0.05, 0) is 11.5 Å². The van der Waals surface area contributed by atoms with Crippen LogP contribution in [0.1, 0.15) is 19.4 Å². The van der Waals surface area contributed by atoms with Crippen molar-refractivity contribution in [2.75, 3.05) is 53.4 Å². The van der Waals surface area contributed by atoms with E-state index in [0.717, 1.165) is 45.3 Å². The number of nitrogens with one attached hydrogen (secondary N) is 1. The number of hydrogen-bond acceptors (Lipinski definition) is 4. The van der Waals surface area contributed by atoms with Gasteiger partial charge in [0, 0.05) is 46.8 Å². The van der Waals surface area contributed by atoms with Gasteiger partial charge in [-0.25, -0.2) is 4.99 Å². The van der Waals surface area contributed by atoms with E-state index in [4.69, 9.17) is 4.74 Å². The molecule has 0 aromatic heterocycles. The van der Waals surface area contributed by atoms with Crippen LogP contribution in [-0.4, -0.2) is 92.1 Å². The van der Waals surface area contributed by atoms with E-state index in [0.29, 0.717) is 12.0 Å². The van der Waals surface area contributed by atoms with Gasteiger partial charge in [0.05, 0.1) is 18.8 Å². The van der Waals surface area contributed by atoms with Gasteiger partial charge in [-0.15, -0.1) is 24.0 Å². The van der Waals surface area contributed by atoms with E-state index in [2.05, 4.69) is 64.3 Å². The van der Waals surface area contributed by atoms with E-state index < -0.39 is 0 Å². The molecule has 2 atom stereocenters. The number of likely N-dealkylation sites (N-methyl/N-ethyl adjacent to an activating group) is 1. The molecule has 8 heteroatoms. The van der Waals surface area contributed by atoms with Crippen molar-refractivity contribution in [3.05, 3.63) is 35.9 Å². The van der Waals surface area contributed by atoms with E-state index >= 15 is 0 Å². The lowest BCUT2D eigenvalue weighted by molar-refractivity contribution is -0.127. The van der Waals surface area contributed by atoms with Crippen LogP contribution >= 0.6 is 24.0 Å². The van der Waals surface area contributed by atoms with Gasteiger partial charge in [-0.1, -0.05) is 44.2 Å². The van der Waals surface area contributed by atoms with Crippen LogP contribution in [0.5, 0.6) is 0 Å². The smallest absolute Gasteiger partial charge is 0.243 e. The number of amides is 1. The van der Waals surface area contributed by atoms with E-state index in [-0.39, 0.29) is 42.5 Å². The summed E-state index contributed by atoms with van der Waals surface area (Å²) in [5.74, 6) is 1.32. The minimum Gasteiger partial charge on any atom is -0.373 e. The Labute approximate surface area is 197 Å². The van der Waals surface area contributed by atoms with Gasteiger partial charge in [-0.2, -0.15) is 0 Å². The lowest BCUT2D eigenvalue weighted by atomic mass is 10.1. The van der Waals surface area contributed by atoms with Crippen LogP contribution in [0.4, 0.5) is 0 Å². The molecule has 0 saturated carbocycles. The number of morpholine rings is 1. The number of ether oxygens (including phenoxy) is 1. The molecular formula is C22H36IN5O2. The maximum Gasteiger partial charge on any atom is 0.243 e. The number of rotatable bonds is 6. The maximum absolute atomic E-state index is 12.0. The molecule has 1 amide bonds. The lowest BCUT2D eigenvalue weighted by Crippen LogP contribution is -2.50. The number of nitrogens with zero attached hydrogens (tertiary/aromatic N) is 4. The number of halogens is 1. The summed E-state index contributed by atoms with van der Waals surface area (Å²) in [6.45, 7) is 9.62. The molecule has 2 saturated heterocycles. The van der Waals surface area contributed by atoms with Gasteiger partial charge < -0.3 is 19.9 Å². The fraction of sp³-hybridized carbons (Fsp3) is 0.636. The fourth-order valence-corrected chi connectivity index (χ4v) is 3.79. The molecule has 7 nitrogen and oxygen atoms in total. The van der Waals surface area contributed by atoms with Crippen molar-refractivity contribution in [2.24, 2.45) is 10.9 Å². The van der Waals surface area contributed by atoms with E-state index in [1.54, 1.807) is 19.0 Å². The predicted molar refractivity (Wildman–Crippen MR) is 131 cm³/mol. The number of fused-ring (bicyclic) bond motifs is 1. The van der Waals surface area contributed by atoms with Gasteiger partial charge in [0.15, 0.2) is 5.96 Å². The molecule has 2 aliphatic rings. The second-order valence-corrected chi connectivity index (χ2v) is 8.54. The van der Waals surface area contributed by atoms with Gasteiger partial charge in [0.1, 0.15) is 6.54 Å². The highest BCUT2D eigenvalue weighted by atomic mass is 127. The predicted octanol–water partition coefficient (Wildman–Crippen LogP) is 1.88. The van der Waals surface area contributed by atoms with E-state index in [9.17, 15) is 4.79 Å². The highest BCUT2D eigenvalue weighted by Crippen LogP contribution is 2.24. The molecule has 168 valence electrons. The van der Waals surface area contributed by atoms with Gasteiger partial charge in [0.25, 0.3) is 0 Å². The van der Waals surface area contributed by atoms with Crippen molar-refractivity contribution >= 4 is 35.8 Å². The molecule has 1 aromatic rings. The monoisotopic (exact) mass is 529 g/mol. The summed E-state index contributed by atoms with van der Waals surface area (Å²) in [6, 6.07) is 10.9. The minimum atomic E-state index is 0. The van der Waals surface area contributed by atoms with E-state index in [1.165, 1.54) is 5.56 Å². The van der Waals surface area contributed by atoms with Crippen molar-refractivity contribution < 1.29 is 9.53 Å². The van der Waals surface area contributed by atoms with Crippen LogP contribution in [0.2, 0.25) is 0 Å². The number of hydrogen-bond donors (Lipinski definition) is 1. The summed E-state index contributed by atoms with van der Waals surface area (Å²) < 4.78 is 6.10. The molecule has 0 bridgehead atoms. The van der Waals surface area contributed by atoms with Gasteiger partial charge in [0.2, 0.25) is 5.91 Å². The third-order valence-electron chi connectivity index (χ3n) is 5.48. The van der Waals surface area contributed by atoms with Crippen LogP contribution in [0.15, 0.2) is 35.3 Å². The minimum absolute atomic E-state index is 0. The Bertz CT molecular complexity index is 698. The van der Waals surface area contributed by atoms with Crippen molar-refractivity contribution in [2.45, 2.75) is 32.5 Å². The van der Waals surface area contributed by atoms with Crippen molar-refractivity contribution in [1.29, 1.82) is 0 Å². The molecule has 0 radical (unpaired) electrons. The van der Waals surface area contributed by atoms with E-state index in [1.807, 2.05) is 0 Å². The summed E-state index contributed by atoms with van der Waals surface area (Å²) in [5.41, 5.74) is 1.33. The quantitative estimate of drug-likeness (QED) is 0.347. The molecular weight excluding hydrogens is 493 g/mol. The fourth-order valence-electron chi connectivity index (χ4n) is 3.79. The Balaban J connectivity index is 0.00000320. The Hall–Kier alpha value is -1.39. The number of likely N-dealkylation sites (tertiary alicyclic amines) is 1. The van der Waals surface area contributed by atoms with Gasteiger partial charge in [-0.3, -0.25) is 9.69 Å². The van der Waals surface area contributed by atoms with Crippen LogP contribution in [0.25, 0.3) is 0 Å². The van der Waals surface area contributed by atoms with Gasteiger partial charge >= 0.3 is 0 Å². The molecule has 30 heavy (non-hydrogen) atoms. The highest BCUT2D eigenvalue weighted by molar-refractivity contribution is 14.0. The zero-order chi connectivity index (χ0) is 20.8. The average Bonchev–Trinajstić information content (AvgIpc) is 3.13. The second kappa shape index (κ2) is 11.9. The molecule has 3 rings (SSSR count). The zero-order valence-electron chi connectivity index (χ0n) is 18.6.